The van der Waals surface area contributed by atoms with E-state index in [0.29, 0.717) is 5.69 Å². The van der Waals surface area contributed by atoms with Crippen LogP contribution in [0.4, 0.5) is 15.9 Å². The molecule has 0 fully saturated rings. The Labute approximate surface area is 124 Å². The number of rotatable bonds is 3. The lowest BCUT2D eigenvalue weighted by molar-refractivity contribution is 0.387. The fourth-order valence-electron chi connectivity index (χ4n) is 1.97. The molecule has 0 saturated carbocycles. The number of aromatic nitrogens is 2. The van der Waals surface area contributed by atoms with Gasteiger partial charge in [-0.25, -0.2) is 9.18 Å². The molecule has 2 aromatic rings. The SMILES string of the molecule is COc1cc(Nc2c(C#N)c(=O)n(C)c(=O)n2C)ccc1F. The summed E-state index contributed by atoms with van der Waals surface area (Å²) in [5, 5.41) is 11.9. The quantitative estimate of drug-likeness (QED) is 0.908. The summed E-state index contributed by atoms with van der Waals surface area (Å²) < 4.78 is 20.2. The number of hydrogen-bond donors (Lipinski definition) is 1. The van der Waals surface area contributed by atoms with Gasteiger partial charge in [0.1, 0.15) is 11.9 Å². The number of nitriles is 1. The molecule has 8 heteroatoms. The molecule has 1 N–H and O–H groups in total. The summed E-state index contributed by atoms with van der Waals surface area (Å²) in [4.78, 5) is 23.9. The highest BCUT2D eigenvalue weighted by atomic mass is 19.1. The largest absolute Gasteiger partial charge is 0.494 e. The van der Waals surface area contributed by atoms with Gasteiger partial charge in [0.25, 0.3) is 5.56 Å². The third kappa shape index (κ3) is 2.44. The average molecular weight is 304 g/mol. The Morgan fingerprint density at radius 1 is 1.27 bits per heavy atom. The summed E-state index contributed by atoms with van der Waals surface area (Å²) in [6, 6.07) is 5.71. The van der Waals surface area contributed by atoms with Gasteiger partial charge in [0, 0.05) is 25.8 Å². The lowest BCUT2D eigenvalue weighted by Gasteiger charge is -2.14. The Hall–Kier alpha value is -3.08. The molecule has 1 aromatic carbocycles. The van der Waals surface area contributed by atoms with Gasteiger partial charge in [-0.15, -0.1) is 0 Å². The number of ether oxygens (including phenoxy) is 1. The van der Waals surface area contributed by atoms with E-state index in [1.165, 1.54) is 39.4 Å². The lowest BCUT2D eigenvalue weighted by Crippen LogP contribution is -2.39. The van der Waals surface area contributed by atoms with E-state index in [9.17, 15) is 14.0 Å². The highest BCUT2D eigenvalue weighted by Crippen LogP contribution is 2.24. The predicted octanol–water partition coefficient (Wildman–Crippen LogP) is 0.847. The van der Waals surface area contributed by atoms with Gasteiger partial charge in [-0.1, -0.05) is 0 Å². The minimum atomic E-state index is -0.706. The number of benzene rings is 1. The molecule has 0 aliphatic rings. The number of nitrogens with zero attached hydrogens (tertiary/aromatic N) is 3. The maximum absolute atomic E-state index is 13.4. The van der Waals surface area contributed by atoms with Crippen LogP contribution in [0.5, 0.6) is 5.75 Å². The third-order valence-electron chi connectivity index (χ3n) is 3.19. The molecule has 1 aromatic heterocycles. The molecular formula is C14H13FN4O3. The Kier molecular flexibility index (Phi) is 3.99. The summed E-state index contributed by atoms with van der Waals surface area (Å²) in [5.41, 5.74) is -1.13. The highest BCUT2D eigenvalue weighted by molar-refractivity contribution is 5.63. The van der Waals surface area contributed by atoms with Crippen molar-refractivity contribution in [3.8, 4) is 11.8 Å². The van der Waals surface area contributed by atoms with Crippen LogP contribution >= 0.6 is 0 Å². The molecule has 0 amide bonds. The Bertz CT molecular complexity index is 893. The number of methoxy groups -OCH3 is 1. The van der Waals surface area contributed by atoms with Crippen molar-refractivity contribution in [3.63, 3.8) is 0 Å². The minimum absolute atomic E-state index is 0.00246. The summed E-state index contributed by atoms with van der Waals surface area (Å²) in [6.45, 7) is 0. The minimum Gasteiger partial charge on any atom is -0.494 e. The molecule has 114 valence electrons. The monoisotopic (exact) mass is 304 g/mol. The Balaban J connectivity index is 2.62. The fraction of sp³-hybridized carbons (Fsp3) is 0.214. The first-order valence-corrected chi connectivity index (χ1v) is 6.21. The molecule has 0 aliphatic heterocycles. The van der Waals surface area contributed by atoms with E-state index >= 15 is 0 Å². The molecule has 0 bridgehead atoms. The molecule has 0 saturated heterocycles. The summed E-state index contributed by atoms with van der Waals surface area (Å²) in [7, 11) is 4.03. The number of anilines is 2. The van der Waals surface area contributed by atoms with Crippen molar-refractivity contribution in [2.45, 2.75) is 0 Å². The molecule has 0 aliphatic carbocycles. The van der Waals surface area contributed by atoms with Crippen molar-refractivity contribution in [1.29, 1.82) is 5.26 Å². The Morgan fingerprint density at radius 2 is 1.95 bits per heavy atom. The van der Waals surface area contributed by atoms with E-state index in [1.807, 2.05) is 0 Å². The number of nitrogens with one attached hydrogen (secondary N) is 1. The molecule has 0 atom stereocenters. The van der Waals surface area contributed by atoms with E-state index in [-0.39, 0.29) is 17.1 Å². The van der Waals surface area contributed by atoms with Gasteiger partial charge in [-0.05, 0) is 12.1 Å². The first-order chi connectivity index (χ1) is 10.4. The van der Waals surface area contributed by atoms with Crippen LogP contribution in [0, 0.1) is 17.1 Å². The maximum Gasteiger partial charge on any atom is 0.332 e. The van der Waals surface area contributed by atoms with E-state index in [1.54, 1.807) is 6.07 Å². The molecular weight excluding hydrogens is 291 g/mol. The van der Waals surface area contributed by atoms with Crippen molar-refractivity contribution in [3.05, 3.63) is 50.4 Å². The van der Waals surface area contributed by atoms with Crippen LogP contribution in [0.1, 0.15) is 5.56 Å². The van der Waals surface area contributed by atoms with Crippen molar-refractivity contribution >= 4 is 11.5 Å². The second kappa shape index (κ2) is 5.73. The molecule has 0 radical (unpaired) electrons. The van der Waals surface area contributed by atoms with Crippen LogP contribution in [0.2, 0.25) is 0 Å². The zero-order valence-corrected chi connectivity index (χ0v) is 12.2. The van der Waals surface area contributed by atoms with Gasteiger partial charge in [-0.2, -0.15) is 5.26 Å². The first kappa shape index (κ1) is 15.3. The van der Waals surface area contributed by atoms with E-state index in [0.717, 1.165) is 9.13 Å². The zero-order valence-electron chi connectivity index (χ0n) is 12.2. The van der Waals surface area contributed by atoms with Crippen molar-refractivity contribution in [2.75, 3.05) is 12.4 Å². The lowest BCUT2D eigenvalue weighted by atomic mass is 10.2. The van der Waals surface area contributed by atoms with Crippen molar-refractivity contribution in [2.24, 2.45) is 14.1 Å². The topological polar surface area (TPSA) is 89.1 Å². The Morgan fingerprint density at radius 3 is 2.55 bits per heavy atom. The molecule has 22 heavy (non-hydrogen) atoms. The van der Waals surface area contributed by atoms with E-state index in [2.05, 4.69) is 5.32 Å². The van der Waals surface area contributed by atoms with Gasteiger partial charge in [0.05, 0.1) is 7.11 Å². The predicted molar refractivity (Wildman–Crippen MR) is 77.9 cm³/mol. The molecule has 0 unspecified atom stereocenters. The normalized spacial score (nSPS) is 10.1. The van der Waals surface area contributed by atoms with Crippen molar-refractivity contribution < 1.29 is 9.13 Å². The number of halogens is 1. The van der Waals surface area contributed by atoms with Crippen LogP contribution in [0.25, 0.3) is 0 Å². The average Bonchev–Trinajstić information content (AvgIpc) is 2.52. The first-order valence-electron chi connectivity index (χ1n) is 6.21. The molecule has 2 rings (SSSR count). The zero-order chi connectivity index (χ0) is 16.4. The van der Waals surface area contributed by atoms with E-state index in [4.69, 9.17) is 10.00 Å². The van der Waals surface area contributed by atoms with Crippen LogP contribution in [-0.2, 0) is 14.1 Å². The summed E-state index contributed by atoms with van der Waals surface area (Å²) in [5.74, 6) is -0.520. The molecule has 0 spiro atoms. The van der Waals surface area contributed by atoms with Crippen molar-refractivity contribution in [1.82, 2.24) is 9.13 Å². The summed E-state index contributed by atoms with van der Waals surface area (Å²) in [6.07, 6.45) is 0. The summed E-state index contributed by atoms with van der Waals surface area (Å²) >= 11 is 0. The van der Waals surface area contributed by atoms with Gasteiger partial charge >= 0.3 is 5.69 Å². The molecule has 7 nitrogen and oxygen atoms in total. The van der Waals surface area contributed by atoms with Gasteiger partial charge in [0.15, 0.2) is 17.1 Å². The number of hydrogen-bond acceptors (Lipinski definition) is 5. The second-order valence-electron chi connectivity index (χ2n) is 4.52. The standard InChI is InChI=1S/C14H13FN4O3/c1-18-12(9(7-16)13(20)19(2)14(18)21)17-8-4-5-10(15)11(6-8)22-3/h4-6,17H,1-3H3. The fourth-order valence-corrected chi connectivity index (χ4v) is 1.97. The van der Waals surface area contributed by atoms with E-state index < -0.39 is 17.1 Å². The highest BCUT2D eigenvalue weighted by Gasteiger charge is 2.16. The van der Waals surface area contributed by atoms with Crippen LogP contribution in [0.15, 0.2) is 27.8 Å². The van der Waals surface area contributed by atoms with Crippen LogP contribution in [-0.4, -0.2) is 16.2 Å². The van der Waals surface area contributed by atoms with Gasteiger partial charge < -0.3 is 10.1 Å². The smallest absolute Gasteiger partial charge is 0.332 e. The maximum atomic E-state index is 13.4. The second-order valence-corrected chi connectivity index (χ2v) is 4.52. The van der Waals surface area contributed by atoms with Crippen LogP contribution in [0.3, 0.4) is 0 Å². The van der Waals surface area contributed by atoms with Gasteiger partial charge in [-0.3, -0.25) is 13.9 Å². The third-order valence-corrected chi connectivity index (χ3v) is 3.19. The van der Waals surface area contributed by atoms with Crippen LogP contribution < -0.4 is 21.3 Å². The molecule has 1 heterocycles. The van der Waals surface area contributed by atoms with Gasteiger partial charge in [0.2, 0.25) is 0 Å².